The highest BCUT2D eigenvalue weighted by Crippen LogP contribution is 2.34. The van der Waals surface area contributed by atoms with Gasteiger partial charge in [0, 0.05) is 19.5 Å². The molecule has 1 aliphatic rings. The number of rotatable bonds is 1. The molecule has 0 aromatic rings. The fraction of sp³-hybridized carbons (Fsp3) is 0.750. The maximum atomic E-state index is 12.8. The summed E-state index contributed by atoms with van der Waals surface area (Å²) in [6.07, 6.45) is -12.6. The number of likely N-dealkylation sites (tertiary alicyclic amines) is 1. The van der Waals surface area contributed by atoms with Gasteiger partial charge in [-0.3, -0.25) is 0 Å². The van der Waals surface area contributed by atoms with Gasteiger partial charge in [0.25, 0.3) is 6.08 Å². The van der Waals surface area contributed by atoms with Crippen molar-refractivity contribution in [2.24, 2.45) is 0 Å². The van der Waals surface area contributed by atoms with Crippen LogP contribution in [0.2, 0.25) is 0 Å². The summed E-state index contributed by atoms with van der Waals surface area (Å²) in [7, 11) is 0. The molecule has 1 aliphatic heterocycles. The van der Waals surface area contributed by atoms with Crippen molar-refractivity contribution in [2.45, 2.75) is 24.9 Å². The van der Waals surface area contributed by atoms with Crippen molar-refractivity contribution >= 4 is 0 Å². The zero-order valence-corrected chi connectivity index (χ0v) is 7.87. The van der Waals surface area contributed by atoms with E-state index in [1.807, 2.05) is 0 Å². The van der Waals surface area contributed by atoms with Gasteiger partial charge in [0.15, 0.2) is 5.70 Å². The van der Waals surface area contributed by atoms with E-state index in [-0.39, 0.29) is 4.90 Å². The van der Waals surface area contributed by atoms with Crippen molar-refractivity contribution in [2.75, 3.05) is 13.1 Å². The second-order valence-corrected chi connectivity index (χ2v) is 3.44. The molecule has 1 rings (SSSR count). The molecule has 94 valence electrons. The SMILES string of the molecule is FC(F)=C(N1CC(F)CC(F)C1)C(F)(F)F. The van der Waals surface area contributed by atoms with Gasteiger partial charge in [-0.15, -0.1) is 0 Å². The number of hydrogen-bond donors (Lipinski definition) is 0. The number of halogens is 7. The Balaban J connectivity index is 2.93. The summed E-state index contributed by atoms with van der Waals surface area (Å²) >= 11 is 0. The van der Waals surface area contributed by atoms with Gasteiger partial charge < -0.3 is 4.90 Å². The maximum absolute atomic E-state index is 12.8. The van der Waals surface area contributed by atoms with Crippen molar-refractivity contribution < 1.29 is 30.7 Å². The maximum Gasteiger partial charge on any atom is 0.436 e. The lowest BCUT2D eigenvalue weighted by molar-refractivity contribution is -0.121. The van der Waals surface area contributed by atoms with Gasteiger partial charge in [-0.1, -0.05) is 0 Å². The summed E-state index contributed by atoms with van der Waals surface area (Å²) in [6, 6.07) is 0. The molecular formula is C8H8F7N. The Labute approximate surface area is 86.5 Å². The fourth-order valence-corrected chi connectivity index (χ4v) is 1.57. The number of allylic oxidation sites excluding steroid dienone is 1. The Morgan fingerprint density at radius 2 is 1.44 bits per heavy atom. The summed E-state index contributed by atoms with van der Waals surface area (Å²) in [5, 5.41) is 0. The van der Waals surface area contributed by atoms with Crippen LogP contribution in [-0.2, 0) is 0 Å². The zero-order chi connectivity index (χ0) is 12.5. The number of alkyl halides is 5. The lowest BCUT2D eigenvalue weighted by Gasteiger charge is -2.34. The average Bonchev–Trinajstić information content (AvgIpc) is 1.96. The molecule has 0 amide bonds. The van der Waals surface area contributed by atoms with Crippen molar-refractivity contribution in [3.8, 4) is 0 Å². The van der Waals surface area contributed by atoms with E-state index in [1.165, 1.54) is 0 Å². The molecule has 0 aliphatic carbocycles. The van der Waals surface area contributed by atoms with Crippen LogP contribution in [0.1, 0.15) is 6.42 Å². The molecule has 16 heavy (non-hydrogen) atoms. The number of hydrogen-bond acceptors (Lipinski definition) is 1. The average molecular weight is 251 g/mol. The van der Waals surface area contributed by atoms with E-state index in [1.54, 1.807) is 0 Å². The third kappa shape index (κ3) is 3.02. The van der Waals surface area contributed by atoms with Crippen LogP contribution < -0.4 is 0 Å². The molecule has 1 nitrogen and oxygen atoms in total. The predicted molar refractivity (Wildman–Crippen MR) is 41.3 cm³/mol. The third-order valence-corrected chi connectivity index (χ3v) is 2.11. The van der Waals surface area contributed by atoms with Crippen LogP contribution in [0.5, 0.6) is 0 Å². The summed E-state index contributed by atoms with van der Waals surface area (Å²) in [4.78, 5) is 0.00810. The van der Waals surface area contributed by atoms with Gasteiger partial charge in [-0.05, 0) is 0 Å². The highest BCUT2D eigenvalue weighted by molar-refractivity contribution is 5.10. The van der Waals surface area contributed by atoms with Crippen LogP contribution in [0.25, 0.3) is 0 Å². The number of nitrogens with zero attached hydrogens (tertiary/aromatic N) is 1. The highest BCUT2D eigenvalue weighted by atomic mass is 19.4. The largest absolute Gasteiger partial charge is 0.436 e. The van der Waals surface area contributed by atoms with E-state index in [9.17, 15) is 30.7 Å². The van der Waals surface area contributed by atoms with Crippen LogP contribution >= 0.6 is 0 Å². The van der Waals surface area contributed by atoms with E-state index in [0.717, 1.165) is 0 Å². The van der Waals surface area contributed by atoms with Gasteiger partial charge in [-0.25, -0.2) is 8.78 Å². The molecule has 0 N–H and O–H groups in total. The van der Waals surface area contributed by atoms with Gasteiger partial charge >= 0.3 is 6.18 Å². The molecule has 2 atom stereocenters. The molecule has 0 saturated carbocycles. The standard InChI is InChI=1S/C8H8F7N/c9-4-1-5(10)3-16(2-4)6(7(11)12)8(13,14)15/h4-5H,1-3H2. The fourth-order valence-electron chi connectivity index (χ4n) is 1.57. The van der Waals surface area contributed by atoms with Gasteiger partial charge in [0.2, 0.25) is 0 Å². The second-order valence-electron chi connectivity index (χ2n) is 3.44. The Bertz CT molecular complexity index is 271. The molecule has 2 unspecified atom stereocenters. The van der Waals surface area contributed by atoms with E-state index >= 15 is 0 Å². The first-order valence-corrected chi connectivity index (χ1v) is 4.37. The van der Waals surface area contributed by atoms with Crippen LogP contribution in [0.3, 0.4) is 0 Å². The van der Waals surface area contributed by atoms with E-state index in [0.29, 0.717) is 0 Å². The monoisotopic (exact) mass is 251 g/mol. The smallest absolute Gasteiger partial charge is 0.357 e. The third-order valence-electron chi connectivity index (χ3n) is 2.11. The van der Waals surface area contributed by atoms with Crippen LogP contribution in [0, 0.1) is 0 Å². The Morgan fingerprint density at radius 1 is 1.00 bits per heavy atom. The van der Waals surface area contributed by atoms with Crippen LogP contribution in [-0.4, -0.2) is 36.5 Å². The van der Waals surface area contributed by atoms with E-state index in [4.69, 9.17) is 0 Å². The molecule has 1 fully saturated rings. The lowest BCUT2D eigenvalue weighted by Crippen LogP contribution is -2.45. The number of piperidine rings is 1. The van der Waals surface area contributed by atoms with Gasteiger partial charge in [0.1, 0.15) is 12.3 Å². The molecule has 0 bridgehead atoms. The molecule has 1 heterocycles. The van der Waals surface area contributed by atoms with Gasteiger partial charge in [0.05, 0.1) is 0 Å². The lowest BCUT2D eigenvalue weighted by atomic mass is 10.1. The van der Waals surface area contributed by atoms with Crippen molar-refractivity contribution in [1.82, 2.24) is 4.90 Å². The minimum atomic E-state index is -5.31. The van der Waals surface area contributed by atoms with Gasteiger partial charge in [-0.2, -0.15) is 22.0 Å². The highest BCUT2D eigenvalue weighted by Gasteiger charge is 2.44. The predicted octanol–water partition coefficient (Wildman–Crippen LogP) is 3.04. The summed E-state index contributed by atoms with van der Waals surface area (Å²) in [5.41, 5.74) is -2.25. The molecule has 8 heteroatoms. The van der Waals surface area contributed by atoms with Crippen molar-refractivity contribution in [1.29, 1.82) is 0 Å². The Kier molecular flexibility index (Phi) is 3.69. The molecule has 0 radical (unpaired) electrons. The quantitative estimate of drug-likeness (QED) is 0.647. The molecule has 0 spiro atoms. The van der Waals surface area contributed by atoms with E-state index in [2.05, 4.69) is 0 Å². The van der Waals surface area contributed by atoms with Crippen LogP contribution in [0.4, 0.5) is 30.7 Å². The molecule has 0 aromatic carbocycles. The van der Waals surface area contributed by atoms with Crippen molar-refractivity contribution in [3.05, 3.63) is 11.8 Å². The second kappa shape index (κ2) is 4.50. The van der Waals surface area contributed by atoms with Crippen LogP contribution in [0.15, 0.2) is 11.8 Å². The topological polar surface area (TPSA) is 3.24 Å². The Morgan fingerprint density at radius 3 is 1.75 bits per heavy atom. The molecule has 1 saturated heterocycles. The first kappa shape index (κ1) is 13.1. The summed E-state index contributed by atoms with van der Waals surface area (Å²) in [5.74, 6) is 0. The minimum absolute atomic E-state index is 0.00810. The zero-order valence-electron chi connectivity index (χ0n) is 7.87. The van der Waals surface area contributed by atoms with Crippen molar-refractivity contribution in [3.63, 3.8) is 0 Å². The Hall–Kier alpha value is -0.950. The summed E-state index contributed by atoms with van der Waals surface area (Å²) < 4.78 is 86.3. The summed E-state index contributed by atoms with van der Waals surface area (Å²) in [6.45, 7) is -1.74. The molecule has 0 aromatic heterocycles. The first-order valence-electron chi connectivity index (χ1n) is 4.37. The molecular weight excluding hydrogens is 243 g/mol. The first-order chi connectivity index (χ1) is 7.21. The normalized spacial score (nSPS) is 26.8. The minimum Gasteiger partial charge on any atom is -0.357 e. The van der Waals surface area contributed by atoms with E-state index < -0.39 is 49.8 Å².